The third kappa shape index (κ3) is 9.69. The lowest BCUT2D eigenvalue weighted by Gasteiger charge is -2.35. The summed E-state index contributed by atoms with van der Waals surface area (Å²) < 4.78 is 80.4. The molecule has 0 heterocycles. The van der Waals surface area contributed by atoms with Crippen molar-refractivity contribution in [3.63, 3.8) is 0 Å². The normalized spacial score (nSPS) is 12.9. The van der Waals surface area contributed by atoms with Gasteiger partial charge in [0, 0.05) is 18.5 Å². The quantitative estimate of drug-likeness (QED) is 0.283. The van der Waals surface area contributed by atoms with Crippen LogP contribution in [-0.4, -0.2) is 49.5 Å². The summed E-state index contributed by atoms with van der Waals surface area (Å²) in [7, 11) is -4.36. The highest BCUT2D eigenvalue weighted by Crippen LogP contribution is 2.36. The molecule has 0 aliphatic carbocycles. The van der Waals surface area contributed by atoms with E-state index in [1.54, 1.807) is 51.1 Å². The number of halogens is 5. The van der Waals surface area contributed by atoms with Crippen molar-refractivity contribution in [2.75, 3.05) is 17.1 Å². The van der Waals surface area contributed by atoms with E-state index >= 15 is 0 Å². The molecule has 3 aromatic rings. The van der Waals surface area contributed by atoms with Crippen LogP contribution >= 0.6 is 11.6 Å². The molecular formula is C30H32ClF4N3O4S. The Morgan fingerprint density at radius 2 is 1.53 bits per heavy atom. The molecule has 1 atom stereocenters. The van der Waals surface area contributed by atoms with Crippen LogP contribution in [0.1, 0.15) is 37.5 Å². The number of amides is 2. The number of nitrogens with zero attached hydrogens (tertiary/aromatic N) is 2. The lowest BCUT2D eigenvalue weighted by molar-refractivity contribution is -0.140. The molecule has 0 radical (unpaired) electrons. The van der Waals surface area contributed by atoms with Gasteiger partial charge in [0.05, 0.1) is 22.5 Å². The molecule has 0 aromatic heterocycles. The summed E-state index contributed by atoms with van der Waals surface area (Å²) in [6.07, 6.45) is -4.05. The zero-order valence-electron chi connectivity index (χ0n) is 24.0. The van der Waals surface area contributed by atoms with Gasteiger partial charge in [-0.05, 0) is 62.2 Å². The monoisotopic (exact) mass is 641 g/mol. The summed E-state index contributed by atoms with van der Waals surface area (Å²) in [5.41, 5.74) is -1.30. The third-order valence-corrected chi connectivity index (χ3v) is 7.70. The van der Waals surface area contributed by atoms with Crippen molar-refractivity contribution in [2.45, 2.75) is 51.5 Å². The molecule has 0 bridgehead atoms. The predicted octanol–water partition coefficient (Wildman–Crippen LogP) is 5.82. The lowest BCUT2D eigenvalue weighted by Crippen LogP contribution is -2.56. The van der Waals surface area contributed by atoms with Crippen LogP contribution in [0.3, 0.4) is 0 Å². The first-order valence-electron chi connectivity index (χ1n) is 13.1. The van der Waals surface area contributed by atoms with Gasteiger partial charge in [0.2, 0.25) is 21.8 Å². The van der Waals surface area contributed by atoms with Gasteiger partial charge in [0.1, 0.15) is 18.4 Å². The largest absolute Gasteiger partial charge is 0.416 e. The molecule has 3 aromatic carbocycles. The van der Waals surface area contributed by atoms with E-state index in [-0.39, 0.29) is 18.0 Å². The molecule has 0 saturated carbocycles. The van der Waals surface area contributed by atoms with Gasteiger partial charge in [0.25, 0.3) is 0 Å². The van der Waals surface area contributed by atoms with Crippen molar-refractivity contribution in [1.29, 1.82) is 0 Å². The third-order valence-electron chi connectivity index (χ3n) is 6.26. The molecule has 2 amide bonds. The first-order valence-corrected chi connectivity index (χ1v) is 15.3. The van der Waals surface area contributed by atoms with Crippen LogP contribution in [0, 0.1) is 5.82 Å². The number of hydrogen-bond acceptors (Lipinski definition) is 4. The van der Waals surface area contributed by atoms with Crippen LogP contribution in [0.25, 0.3) is 0 Å². The van der Waals surface area contributed by atoms with Crippen LogP contribution in [0.5, 0.6) is 0 Å². The Kier molecular flexibility index (Phi) is 10.5. The highest BCUT2D eigenvalue weighted by atomic mass is 35.5. The zero-order chi connectivity index (χ0) is 32.2. The number of rotatable bonds is 10. The van der Waals surface area contributed by atoms with Gasteiger partial charge in [-0.1, -0.05) is 54.1 Å². The fourth-order valence-corrected chi connectivity index (χ4v) is 5.39. The standard InChI is InChI=1S/C30H32ClF4N3O4S/c1-29(2,3)36-28(40)26(16-20-8-6-5-7-9-20)37(18-21-10-13-23(32)14-11-21)27(39)19-38(43(4,41)42)25-17-22(30(33,34)35)12-15-24(25)31/h5-15,17,26H,16,18-19H2,1-4H3,(H,36,40). The van der Waals surface area contributed by atoms with Crippen LogP contribution in [0.15, 0.2) is 72.8 Å². The molecule has 0 aliphatic rings. The van der Waals surface area contributed by atoms with Gasteiger partial charge >= 0.3 is 6.18 Å². The van der Waals surface area contributed by atoms with E-state index < -0.39 is 63.2 Å². The molecule has 0 fully saturated rings. The minimum Gasteiger partial charge on any atom is -0.350 e. The molecule has 1 unspecified atom stereocenters. The van der Waals surface area contributed by atoms with E-state index in [0.717, 1.165) is 17.2 Å². The summed E-state index contributed by atoms with van der Waals surface area (Å²) in [4.78, 5) is 28.9. The molecule has 0 aliphatic heterocycles. The molecule has 43 heavy (non-hydrogen) atoms. The van der Waals surface area contributed by atoms with Gasteiger partial charge < -0.3 is 10.2 Å². The van der Waals surface area contributed by atoms with Crippen molar-refractivity contribution in [1.82, 2.24) is 10.2 Å². The van der Waals surface area contributed by atoms with E-state index in [0.29, 0.717) is 27.6 Å². The molecular weight excluding hydrogens is 610 g/mol. The average Bonchev–Trinajstić information content (AvgIpc) is 2.89. The Morgan fingerprint density at radius 1 is 0.930 bits per heavy atom. The molecule has 0 saturated heterocycles. The van der Waals surface area contributed by atoms with Crippen LogP contribution in [0.4, 0.5) is 23.2 Å². The first-order chi connectivity index (χ1) is 19.8. The maximum absolute atomic E-state index is 14.0. The molecule has 13 heteroatoms. The van der Waals surface area contributed by atoms with Crippen LogP contribution in [0.2, 0.25) is 5.02 Å². The number of carbonyl (C=O) groups is 2. The summed E-state index contributed by atoms with van der Waals surface area (Å²) >= 11 is 6.15. The van der Waals surface area contributed by atoms with Crippen molar-refractivity contribution in [3.05, 3.63) is 100 Å². The van der Waals surface area contributed by atoms with E-state index in [2.05, 4.69) is 5.32 Å². The second-order valence-electron chi connectivity index (χ2n) is 11.0. The molecule has 3 rings (SSSR count). The van der Waals surface area contributed by atoms with E-state index in [4.69, 9.17) is 11.6 Å². The zero-order valence-corrected chi connectivity index (χ0v) is 25.5. The summed E-state index contributed by atoms with van der Waals surface area (Å²) in [6.45, 7) is 4.05. The smallest absolute Gasteiger partial charge is 0.350 e. The Labute approximate surface area is 253 Å². The molecule has 232 valence electrons. The number of anilines is 1. The Morgan fingerprint density at radius 3 is 2.07 bits per heavy atom. The van der Waals surface area contributed by atoms with Gasteiger partial charge in [-0.3, -0.25) is 13.9 Å². The topological polar surface area (TPSA) is 86.8 Å². The summed E-state index contributed by atoms with van der Waals surface area (Å²) in [5.74, 6) is -1.97. The molecule has 0 spiro atoms. The predicted molar refractivity (Wildman–Crippen MR) is 157 cm³/mol. The number of nitrogens with one attached hydrogen (secondary N) is 1. The van der Waals surface area contributed by atoms with Gasteiger partial charge in [-0.15, -0.1) is 0 Å². The highest BCUT2D eigenvalue weighted by Gasteiger charge is 2.36. The summed E-state index contributed by atoms with van der Waals surface area (Å²) in [5, 5.41) is 2.52. The van der Waals surface area contributed by atoms with Gasteiger partial charge in [-0.25, -0.2) is 12.8 Å². The van der Waals surface area contributed by atoms with E-state index in [1.807, 2.05) is 0 Å². The Balaban J connectivity index is 2.13. The fraction of sp³-hybridized carbons (Fsp3) is 0.333. The number of hydrogen-bond donors (Lipinski definition) is 1. The Hall–Kier alpha value is -3.64. The average molecular weight is 642 g/mol. The minimum absolute atomic E-state index is 0.0267. The highest BCUT2D eigenvalue weighted by molar-refractivity contribution is 7.92. The lowest BCUT2D eigenvalue weighted by atomic mass is 10.0. The summed E-state index contributed by atoms with van der Waals surface area (Å²) in [6, 6.07) is 14.9. The van der Waals surface area contributed by atoms with Crippen LogP contribution < -0.4 is 9.62 Å². The van der Waals surface area contributed by atoms with Crippen molar-refractivity contribution >= 4 is 39.1 Å². The first kappa shape index (κ1) is 33.9. The van der Waals surface area contributed by atoms with Gasteiger partial charge in [-0.2, -0.15) is 13.2 Å². The maximum Gasteiger partial charge on any atom is 0.416 e. The SMILES string of the molecule is CC(C)(C)NC(=O)C(Cc1ccccc1)N(Cc1ccc(F)cc1)C(=O)CN(c1cc(C(F)(F)F)ccc1Cl)S(C)(=O)=O. The number of benzene rings is 3. The van der Waals surface area contributed by atoms with Crippen molar-refractivity contribution in [2.24, 2.45) is 0 Å². The van der Waals surface area contributed by atoms with Gasteiger partial charge in [0.15, 0.2) is 0 Å². The van der Waals surface area contributed by atoms with Crippen molar-refractivity contribution < 1.29 is 35.6 Å². The minimum atomic E-state index is -4.81. The second-order valence-corrected chi connectivity index (χ2v) is 13.3. The molecule has 7 nitrogen and oxygen atoms in total. The maximum atomic E-state index is 14.0. The number of alkyl halides is 3. The number of sulfonamides is 1. The van der Waals surface area contributed by atoms with E-state index in [9.17, 15) is 35.6 Å². The second kappa shape index (κ2) is 13.3. The van der Waals surface area contributed by atoms with E-state index in [1.165, 1.54) is 24.3 Å². The van der Waals surface area contributed by atoms with Crippen LogP contribution in [-0.2, 0) is 38.8 Å². The fourth-order valence-electron chi connectivity index (χ4n) is 4.27. The molecule has 1 N–H and O–H groups in total. The number of carbonyl (C=O) groups excluding carboxylic acids is 2. The van der Waals surface area contributed by atoms with Crippen molar-refractivity contribution in [3.8, 4) is 0 Å². The Bertz CT molecular complexity index is 1540.